The molecule has 33 heavy (non-hydrogen) atoms. The Morgan fingerprint density at radius 2 is 2.00 bits per heavy atom. The number of anilines is 1. The number of carbonyl (C=O) groups is 2. The van der Waals surface area contributed by atoms with Crippen molar-refractivity contribution in [3.05, 3.63) is 75.6 Å². The van der Waals surface area contributed by atoms with Crippen LogP contribution in [0.5, 0.6) is 5.75 Å². The van der Waals surface area contributed by atoms with E-state index in [9.17, 15) is 18.0 Å². The number of nitrogens with one attached hydrogen (secondary N) is 2. The summed E-state index contributed by atoms with van der Waals surface area (Å²) in [4.78, 5) is 23.5. The van der Waals surface area contributed by atoms with Gasteiger partial charge in [0.15, 0.2) is 6.61 Å². The van der Waals surface area contributed by atoms with Crippen LogP contribution in [0.2, 0.25) is 5.02 Å². The highest BCUT2D eigenvalue weighted by molar-refractivity contribution is 7.94. The minimum Gasteiger partial charge on any atom is -0.481 e. The molecule has 0 aliphatic heterocycles. The quantitative estimate of drug-likeness (QED) is 0.298. The normalized spacial score (nSPS) is 11.3. The molecule has 0 fully saturated rings. The number of benzene rings is 2. The lowest BCUT2D eigenvalue weighted by molar-refractivity contribution is -0.139. The number of nitrogens with zero attached hydrogens (tertiary/aromatic N) is 1. The van der Waals surface area contributed by atoms with Gasteiger partial charge in [0, 0.05) is 10.6 Å². The number of thiophene rings is 1. The molecular formula is C21H18ClN3O6S2. The van der Waals surface area contributed by atoms with E-state index in [0.29, 0.717) is 5.56 Å². The molecule has 0 spiro atoms. The van der Waals surface area contributed by atoms with Crippen molar-refractivity contribution in [3.8, 4) is 5.75 Å². The van der Waals surface area contributed by atoms with E-state index >= 15 is 0 Å². The summed E-state index contributed by atoms with van der Waals surface area (Å²) in [6, 6.07) is 12.2. The Kier molecular flexibility index (Phi) is 7.69. The number of aryl methyl sites for hydroxylation is 1. The van der Waals surface area contributed by atoms with E-state index in [2.05, 4.69) is 15.2 Å². The fourth-order valence-corrected chi connectivity index (χ4v) is 4.91. The van der Waals surface area contributed by atoms with E-state index in [1.54, 1.807) is 29.6 Å². The van der Waals surface area contributed by atoms with E-state index in [1.807, 2.05) is 6.92 Å². The molecular weight excluding hydrogens is 490 g/mol. The van der Waals surface area contributed by atoms with Gasteiger partial charge in [0.1, 0.15) is 9.96 Å². The first-order valence-electron chi connectivity index (χ1n) is 9.30. The molecule has 3 N–H and O–H groups in total. The van der Waals surface area contributed by atoms with Crippen LogP contribution in [0.25, 0.3) is 0 Å². The van der Waals surface area contributed by atoms with Gasteiger partial charge in [0.05, 0.1) is 17.5 Å². The summed E-state index contributed by atoms with van der Waals surface area (Å²) in [6.07, 6.45) is 1.30. The van der Waals surface area contributed by atoms with Gasteiger partial charge >= 0.3 is 5.97 Å². The maximum atomic E-state index is 12.7. The third-order valence-corrected chi connectivity index (χ3v) is 7.11. The van der Waals surface area contributed by atoms with Crippen molar-refractivity contribution in [3.63, 3.8) is 0 Å². The maximum Gasteiger partial charge on any atom is 0.341 e. The highest BCUT2D eigenvalue weighted by atomic mass is 35.5. The molecule has 0 aliphatic carbocycles. The number of sulfonamides is 1. The van der Waals surface area contributed by atoms with Gasteiger partial charge in [0.2, 0.25) is 0 Å². The topological polar surface area (TPSA) is 134 Å². The highest BCUT2D eigenvalue weighted by Gasteiger charge is 2.20. The molecule has 1 aromatic heterocycles. The Balaban J connectivity index is 1.80. The molecule has 0 unspecified atom stereocenters. The molecule has 0 bridgehead atoms. The molecule has 172 valence electrons. The van der Waals surface area contributed by atoms with Crippen LogP contribution in [0.15, 0.2) is 63.2 Å². The Morgan fingerprint density at radius 3 is 2.70 bits per heavy atom. The number of aliphatic carboxylic acids is 1. The Hall–Kier alpha value is -3.41. The Morgan fingerprint density at radius 1 is 1.21 bits per heavy atom. The van der Waals surface area contributed by atoms with Crippen LogP contribution < -0.4 is 14.9 Å². The number of carboxylic acid groups (broad SMARTS) is 1. The van der Waals surface area contributed by atoms with Crippen LogP contribution >= 0.6 is 22.9 Å². The fraction of sp³-hybridized carbons (Fsp3) is 0.0952. The summed E-state index contributed by atoms with van der Waals surface area (Å²) in [5.41, 5.74) is 3.64. The smallest absolute Gasteiger partial charge is 0.341 e. The van der Waals surface area contributed by atoms with Crippen molar-refractivity contribution < 1.29 is 27.9 Å². The lowest BCUT2D eigenvalue weighted by Gasteiger charge is -2.11. The first kappa shape index (κ1) is 24.2. The summed E-state index contributed by atoms with van der Waals surface area (Å²) >= 11 is 7.03. The number of rotatable bonds is 9. The number of hydrazone groups is 1. The van der Waals surface area contributed by atoms with E-state index in [0.717, 1.165) is 16.9 Å². The molecule has 0 radical (unpaired) electrons. The summed E-state index contributed by atoms with van der Waals surface area (Å²) in [7, 11) is -3.90. The first-order valence-corrected chi connectivity index (χ1v) is 12.0. The second kappa shape index (κ2) is 10.5. The Bertz CT molecular complexity index is 1310. The van der Waals surface area contributed by atoms with Gasteiger partial charge in [-0.3, -0.25) is 9.52 Å². The molecule has 2 aromatic carbocycles. The van der Waals surface area contributed by atoms with Gasteiger partial charge in [-0.1, -0.05) is 29.3 Å². The van der Waals surface area contributed by atoms with E-state index in [1.165, 1.54) is 30.5 Å². The second-order valence-corrected chi connectivity index (χ2v) is 9.94. The van der Waals surface area contributed by atoms with Crippen LogP contribution in [0, 0.1) is 6.92 Å². The Labute approximate surface area is 198 Å². The van der Waals surface area contributed by atoms with Crippen molar-refractivity contribution in [1.82, 2.24) is 5.43 Å². The van der Waals surface area contributed by atoms with Crippen molar-refractivity contribution in [2.75, 3.05) is 11.3 Å². The minimum absolute atomic E-state index is 0.00303. The maximum absolute atomic E-state index is 12.7. The lowest BCUT2D eigenvalue weighted by atomic mass is 10.1. The minimum atomic E-state index is -3.90. The average molecular weight is 508 g/mol. The zero-order valence-corrected chi connectivity index (χ0v) is 19.5. The van der Waals surface area contributed by atoms with Crippen LogP contribution in [0.3, 0.4) is 0 Å². The van der Waals surface area contributed by atoms with Gasteiger partial charge in [-0.05, 0) is 48.7 Å². The van der Waals surface area contributed by atoms with Crippen LogP contribution in [-0.4, -0.2) is 38.2 Å². The van der Waals surface area contributed by atoms with Gasteiger partial charge < -0.3 is 9.84 Å². The third-order valence-electron chi connectivity index (χ3n) is 4.12. The predicted molar refractivity (Wildman–Crippen MR) is 126 cm³/mol. The van der Waals surface area contributed by atoms with Gasteiger partial charge in [-0.25, -0.2) is 18.6 Å². The third kappa shape index (κ3) is 6.54. The van der Waals surface area contributed by atoms with Crippen molar-refractivity contribution >= 4 is 56.7 Å². The molecule has 3 rings (SSSR count). The number of carbonyl (C=O) groups excluding carboxylic acids is 1. The van der Waals surface area contributed by atoms with E-state index in [-0.39, 0.29) is 26.2 Å². The second-order valence-electron chi connectivity index (χ2n) is 6.65. The number of ether oxygens (including phenoxy) is 1. The summed E-state index contributed by atoms with van der Waals surface area (Å²) in [5, 5.41) is 14.6. The zero-order valence-electron chi connectivity index (χ0n) is 17.1. The highest BCUT2D eigenvalue weighted by Crippen LogP contribution is 2.26. The largest absolute Gasteiger partial charge is 0.481 e. The van der Waals surface area contributed by atoms with Gasteiger partial charge in [-0.15, -0.1) is 11.3 Å². The molecule has 0 aliphatic rings. The molecule has 0 atom stereocenters. The standard InChI is InChI=1S/C21H18ClN3O6S2/c1-13-4-7-18(31-12-19(26)27)14(9-13)11-23-24-21(28)16-6-5-15(22)10-17(16)25-33(29,30)20-3-2-8-32-20/h2-11,25H,12H2,1H3,(H,24,28)(H,26,27)/b23-11-. The zero-order chi connectivity index (χ0) is 24.0. The molecule has 1 heterocycles. The van der Waals surface area contributed by atoms with Crippen molar-refractivity contribution in [2.24, 2.45) is 5.10 Å². The lowest BCUT2D eigenvalue weighted by Crippen LogP contribution is -2.21. The number of carboxylic acids is 1. The molecule has 12 heteroatoms. The molecule has 1 amide bonds. The van der Waals surface area contributed by atoms with Crippen molar-refractivity contribution in [1.29, 1.82) is 0 Å². The summed E-state index contributed by atoms with van der Waals surface area (Å²) < 4.78 is 32.8. The fourth-order valence-electron chi connectivity index (χ4n) is 2.67. The van der Waals surface area contributed by atoms with Crippen molar-refractivity contribution in [2.45, 2.75) is 11.1 Å². The SMILES string of the molecule is Cc1ccc(OCC(=O)O)c(/C=N\NC(=O)c2ccc(Cl)cc2NS(=O)(=O)c2cccs2)c1. The molecule has 3 aromatic rings. The van der Waals surface area contributed by atoms with Crippen LogP contribution in [0.4, 0.5) is 5.69 Å². The van der Waals surface area contributed by atoms with E-state index < -0.39 is 28.5 Å². The number of halogens is 1. The number of amides is 1. The number of hydrogen-bond acceptors (Lipinski definition) is 7. The molecule has 0 saturated heterocycles. The van der Waals surface area contributed by atoms with Gasteiger partial charge in [-0.2, -0.15) is 5.10 Å². The molecule has 0 saturated carbocycles. The molecule has 9 nitrogen and oxygen atoms in total. The van der Waals surface area contributed by atoms with Crippen LogP contribution in [0.1, 0.15) is 21.5 Å². The van der Waals surface area contributed by atoms with Crippen LogP contribution in [-0.2, 0) is 14.8 Å². The van der Waals surface area contributed by atoms with Gasteiger partial charge in [0.25, 0.3) is 15.9 Å². The predicted octanol–water partition coefficient (Wildman–Crippen LogP) is 3.74. The number of hydrogen-bond donors (Lipinski definition) is 3. The first-order chi connectivity index (χ1) is 15.7. The summed E-state index contributed by atoms with van der Waals surface area (Å²) in [6.45, 7) is 1.30. The average Bonchev–Trinajstić information content (AvgIpc) is 3.29. The summed E-state index contributed by atoms with van der Waals surface area (Å²) in [5.74, 6) is -1.55. The monoisotopic (exact) mass is 507 g/mol. The van der Waals surface area contributed by atoms with E-state index in [4.69, 9.17) is 21.4 Å².